The molecule has 1 rings (SSSR count). The average Bonchev–Trinajstić information content (AvgIpc) is 2.35. The summed E-state index contributed by atoms with van der Waals surface area (Å²) in [7, 11) is 0. The highest BCUT2D eigenvalue weighted by molar-refractivity contribution is 5.77. The van der Waals surface area contributed by atoms with Crippen LogP contribution in [-0.4, -0.2) is 22.9 Å². The minimum Gasteiger partial charge on any atom is -0.334 e. The third-order valence-corrected chi connectivity index (χ3v) is 3.03. The quantitative estimate of drug-likeness (QED) is 0.796. The lowest BCUT2D eigenvalue weighted by Gasteiger charge is -2.36. The van der Waals surface area contributed by atoms with E-state index in [0.717, 1.165) is 0 Å². The van der Waals surface area contributed by atoms with Gasteiger partial charge in [0.15, 0.2) is 0 Å². The van der Waals surface area contributed by atoms with E-state index < -0.39 is 0 Å². The molecular weight excluding hydrogens is 234 g/mol. The Hall–Kier alpha value is -1.57. The smallest absolute Gasteiger partial charge is 0.223 e. The molecule has 2 nitrogen and oxygen atoms in total. The highest BCUT2D eigenvalue weighted by atomic mass is 16.2. The molecule has 1 aromatic carbocycles. The molecule has 0 spiro atoms. The van der Waals surface area contributed by atoms with Crippen LogP contribution >= 0.6 is 0 Å². The van der Waals surface area contributed by atoms with E-state index in [2.05, 4.69) is 45.9 Å². The SMILES string of the molecule is CCC(=O)N(CC(C)=Cc1ccccc1)C(C)(C)C. The molecule has 1 amide bonds. The van der Waals surface area contributed by atoms with E-state index in [1.54, 1.807) is 0 Å². The van der Waals surface area contributed by atoms with E-state index in [1.165, 1.54) is 11.1 Å². The number of rotatable bonds is 4. The number of hydrogen-bond acceptors (Lipinski definition) is 1. The molecule has 0 aliphatic heterocycles. The van der Waals surface area contributed by atoms with Crippen LogP contribution in [0.15, 0.2) is 35.9 Å². The molecule has 0 aliphatic carbocycles. The lowest BCUT2D eigenvalue weighted by Crippen LogP contribution is -2.46. The molecule has 1 aromatic rings. The van der Waals surface area contributed by atoms with Gasteiger partial charge in [0, 0.05) is 18.5 Å². The zero-order chi connectivity index (χ0) is 14.5. The molecule has 19 heavy (non-hydrogen) atoms. The molecule has 2 heteroatoms. The van der Waals surface area contributed by atoms with Crippen LogP contribution in [0.4, 0.5) is 0 Å². The van der Waals surface area contributed by atoms with E-state index in [0.29, 0.717) is 13.0 Å². The topological polar surface area (TPSA) is 20.3 Å². The van der Waals surface area contributed by atoms with E-state index >= 15 is 0 Å². The standard InChI is InChI=1S/C17H25NO/c1-6-16(19)18(17(3,4)5)13-14(2)12-15-10-8-7-9-11-15/h7-12H,6,13H2,1-5H3. The van der Waals surface area contributed by atoms with Crippen molar-refractivity contribution in [3.8, 4) is 0 Å². The van der Waals surface area contributed by atoms with Gasteiger partial charge in [-0.15, -0.1) is 0 Å². The zero-order valence-corrected chi connectivity index (χ0v) is 12.7. The third-order valence-electron chi connectivity index (χ3n) is 3.03. The molecule has 0 bridgehead atoms. The predicted octanol–water partition coefficient (Wildman–Crippen LogP) is 4.13. The van der Waals surface area contributed by atoms with Crippen LogP contribution in [0.25, 0.3) is 6.08 Å². The molecule has 0 saturated heterocycles. The molecule has 0 radical (unpaired) electrons. The first-order chi connectivity index (χ1) is 8.84. The van der Waals surface area contributed by atoms with Crippen LogP contribution in [0.3, 0.4) is 0 Å². The van der Waals surface area contributed by atoms with Crippen molar-refractivity contribution < 1.29 is 4.79 Å². The molecule has 0 atom stereocenters. The predicted molar refractivity (Wildman–Crippen MR) is 81.9 cm³/mol. The number of carbonyl (C=O) groups is 1. The van der Waals surface area contributed by atoms with Gasteiger partial charge in [-0.25, -0.2) is 0 Å². The highest BCUT2D eigenvalue weighted by Gasteiger charge is 2.24. The van der Waals surface area contributed by atoms with Crippen LogP contribution in [0.2, 0.25) is 0 Å². The summed E-state index contributed by atoms with van der Waals surface area (Å²) < 4.78 is 0. The van der Waals surface area contributed by atoms with Crippen molar-refractivity contribution in [3.63, 3.8) is 0 Å². The first-order valence-electron chi connectivity index (χ1n) is 6.87. The van der Waals surface area contributed by atoms with Gasteiger partial charge in [0.05, 0.1) is 0 Å². The summed E-state index contributed by atoms with van der Waals surface area (Å²) in [5.41, 5.74) is 2.24. The Morgan fingerprint density at radius 1 is 1.21 bits per heavy atom. The first-order valence-corrected chi connectivity index (χ1v) is 6.87. The number of hydrogen-bond donors (Lipinski definition) is 0. The van der Waals surface area contributed by atoms with Crippen molar-refractivity contribution in [3.05, 3.63) is 41.5 Å². The summed E-state index contributed by atoms with van der Waals surface area (Å²) in [6.07, 6.45) is 2.69. The number of benzene rings is 1. The Morgan fingerprint density at radius 2 is 1.79 bits per heavy atom. The van der Waals surface area contributed by atoms with Crippen molar-refractivity contribution in [2.75, 3.05) is 6.54 Å². The minimum atomic E-state index is -0.140. The van der Waals surface area contributed by atoms with Gasteiger partial charge < -0.3 is 4.90 Å². The summed E-state index contributed by atoms with van der Waals surface area (Å²) in [5.74, 6) is 0.202. The number of carbonyl (C=O) groups excluding carboxylic acids is 1. The van der Waals surface area contributed by atoms with Crippen molar-refractivity contribution in [1.29, 1.82) is 0 Å². The van der Waals surface area contributed by atoms with E-state index in [-0.39, 0.29) is 11.4 Å². The van der Waals surface area contributed by atoms with Crippen molar-refractivity contribution in [1.82, 2.24) is 4.90 Å². The van der Waals surface area contributed by atoms with Crippen molar-refractivity contribution in [2.45, 2.75) is 46.6 Å². The van der Waals surface area contributed by atoms with Gasteiger partial charge in [0.2, 0.25) is 5.91 Å². The van der Waals surface area contributed by atoms with Gasteiger partial charge in [-0.05, 0) is 33.3 Å². The van der Waals surface area contributed by atoms with Crippen LogP contribution in [0, 0.1) is 0 Å². The summed E-state index contributed by atoms with van der Waals surface area (Å²) in [6, 6.07) is 10.2. The molecule has 0 aromatic heterocycles. The maximum atomic E-state index is 12.0. The van der Waals surface area contributed by atoms with Crippen LogP contribution < -0.4 is 0 Å². The summed E-state index contributed by atoms with van der Waals surface area (Å²) in [4.78, 5) is 14.0. The fraction of sp³-hybridized carbons (Fsp3) is 0.471. The molecular formula is C17H25NO. The van der Waals surface area contributed by atoms with Crippen LogP contribution in [0.5, 0.6) is 0 Å². The fourth-order valence-electron chi connectivity index (χ4n) is 2.02. The van der Waals surface area contributed by atoms with Gasteiger partial charge in [-0.1, -0.05) is 48.9 Å². The number of nitrogens with zero attached hydrogens (tertiary/aromatic N) is 1. The zero-order valence-electron chi connectivity index (χ0n) is 12.7. The Bertz CT molecular complexity index is 440. The monoisotopic (exact) mass is 259 g/mol. The number of amides is 1. The van der Waals surface area contributed by atoms with E-state index in [1.807, 2.05) is 30.0 Å². The maximum Gasteiger partial charge on any atom is 0.223 e. The normalized spacial score (nSPS) is 12.4. The molecule has 0 N–H and O–H groups in total. The highest BCUT2D eigenvalue weighted by Crippen LogP contribution is 2.18. The summed E-state index contributed by atoms with van der Waals surface area (Å²) in [5, 5.41) is 0. The van der Waals surface area contributed by atoms with Gasteiger partial charge in [-0.3, -0.25) is 4.79 Å². The largest absolute Gasteiger partial charge is 0.334 e. The molecule has 0 unspecified atom stereocenters. The average molecular weight is 259 g/mol. The van der Waals surface area contributed by atoms with Gasteiger partial charge in [0.1, 0.15) is 0 Å². The Kier molecular flexibility index (Phi) is 5.34. The second-order valence-corrected chi connectivity index (χ2v) is 5.91. The van der Waals surface area contributed by atoms with Crippen LogP contribution in [0.1, 0.15) is 46.6 Å². The van der Waals surface area contributed by atoms with Gasteiger partial charge >= 0.3 is 0 Å². The lowest BCUT2D eigenvalue weighted by molar-refractivity contribution is -0.134. The lowest BCUT2D eigenvalue weighted by atomic mass is 10.0. The molecule has 0 fully saturated rings. The second kappa shape index (κ2) is 6.55. The van der Waals surface area contributed by atoms with Crippen molar-refractivity contribution in [2.24, 2.45) is 0 Å². The maximum absolute atomic E-state index is 12.0. The van der Waals surface area contributed by atoms with Crippen molar-refractivity contribution >= 4 is 12.0 Å². The molecule has 0 saturated carbocycles. The minimum absolute atomic E-state index is 0.140. The summed E-state index contributed by atoms with van der Waals surface area (Å²) >= 11 is 0. The molecule has 0 heterocycles. The molecule has 104 valence electrons. The van der Waals surface area contributed by atoms with E-state index in [4.69, 9.17) is 0 Å². The third kappa shape index (κ3) is 4.90. The van der Waals surface area contributed by atoms with E-state index in [9.17, 15) is 4.79 Å². The fourth-order valence-corrected chi connectivity index (χ4v) is 2.02. The summed E-state index contributed by atoms with van der Waals surface area (Å²) in [6.45, 7) is 10.9. The molecule has 0 aliphatic rings. The second-order valence-electron chi connectivity index (χ2n) is 5.91. The Labute approximate surface area is 117 Å². The van der Waals surface area contributed by atoms with Gasteiger partial charge in [-0.2, -0.15) is 0 Å². The Morgan fingerprint density at radius 3 is 2.26 bits per heavy atom. The first kappa shape index (κ1) is 15.5. The van der Waals surface area contributed by atoms with Gasteiger partial charge in [0.25, 0.3) is 0 Å². The Balaban J connectivity index is 2.85. The van der Waals surface area contributed by atoms with Crippen LogP contribution in [-0.2, 0) is 4.79 Å².